The molecule has 9 aromatic rings. The third-order valence-electron chi connectivity index (χ3n) is 17.5. The predicted octanol–water partition coefficient (Wildman–Crippen LogP) is 16.2. The molecule has 346 valence electrons. The average molecular weight is 911 g/mol. The first-order valence-corrected chi connectivity index (χ1v) is 25.7. The molecule has 13 rings (SSSR count). The van der Waals surface area contributed by atoms with E-state index < -0.39 is 0 Å². The zero-order chi connectivity index (χ0) is 48.4. The Balaban J connectivity index is 1.23. The fraction of sp³-hybridized carbons (Fsp3) is 0.273. The van der Waals surface area contributed by atoms with E-state index in [-0.39, 0.29) is 28.4 Å². The van der Waals surface area contributed by atoms with Crippen molar-refractivity contribution >= 4 is 79.2 Å². The second-order valence-corrected chi connectivity index (χ2v) is 24.0. The van der Waals surface area contributed by atoms with Gasteiger partial charge in [0.15, 0.2) is 5.58 Å². The van der Waals surface area contributed by atoms with Crippen LogP contribution >= 0.6 is 0 Å². The number of aryl methyl sites for hydroxylation is 3. The number of furan rings is 1. The molecule has 0 fully saturated rings. The summed E-state index contributed by atoms with van der Waals surface area (Å²) in [6.45, 7) is 26.6. The summed E-state index contributed by atoms with van der Waals surface area (Å²) in [5.74, 6) is 0. The number of para-hydroxylation sites is 2. The topological polar surface area (TPSA) is 19.6 Å². The van der Waals surface area contributed by atoms with E-state index in [2.05, 4.69) is 232 Å². The number of nitrogens with zero attached hydrogens (tertiary/aromatic N) is 2. The number of anilines is 6. The monoisotopic (exact) mass is 911 g/mol. The number of rotatable bonds is 4. The van der Waals surface area contributed by atoms with Crippen LogP contribution in [0.2, 0.25) is 0 Å². The van der Waals surface area contributed by atoms with Crippen molar-refractivity contribution in [3.8, 4) is 22.3 Å². The molecule has 70 heavy (non-hydrogen) atoms. The van der Waals surface area contributed by atoms with Crippen LogP contribution in [0.5, 0.6) is 0 Å². The van der Waals surface area contributed by atoms with Gasteiger partial charge in [-0.1, -0.05) is 165 Å². The first-order chi connectivity index (χ1) is 33.4. The van der Waals surface area contributed by atoms with Gasteiger partial charge in [-0.25, -0.2) is 0 Å². The molecule has 8 aromatic carbocycles. The minimum absolute atomic E-state index is 0.00481. The minimum Gasteiger partial charge on any atom is -0.454 e. The summed E-state index contributed by atoms with van der Waals surface area (Å²) in [4.78, 5) is 5.33. The van der Waals surface area contributed by atoms with Crippen LogP contribution in [-0.2, 0) is 21.7 Å². The molecule has 0 N–H and O–H groups in total. The number of fused-ring (bicyclic) bond motifs is 10. The van der Waals surface area contributed by atoms with E-state index in [1.54, 1.807) is 0 Å². The lowest BCUT2D eigenvalue weighted by Gasteiger charge is -2.46. The summed E-state index contributed by atoms with van der Waals surface area (Å²) >= 11 is 0. The highest BCUT2D eigenvalue weighted by atomic mass is 16.3. The Labute approximate surface area is 415 Å². The fourth-order valence-electron chi connectivity index (χ4n) is 14.1. The first-order valence-electron chi connectivity index (χ1n) is 25.7. The van der Waals surface area contributed by atoms with Gasteiger partial charge in [0.2, 0.25) is 0 Å². The molecular weight excluding hydrogens is 848 g/mol. The van der Waals surface area contributed by atoms with E-state index in [0.29, 0.717) is 0 Å². The largest absolute Gasteiger partial charge is 0.454 e. The molecule has 0 saturated heterocycles. The second kappa shape index (κ2) is 14.6. The maximum atomic E-state index is 7.22. The predicted molar refractivity (Wildman–Crippen MR) is 299 cm³/mol. The van der Waals surface area contributed by atoms with Gasteiger partial charge in [0, 0.05) is 39.1 Å². The zero-order valence-corrected chi connectivity index (χ0v) is 42.9. The van der Waals surface area contributed by atoms with Gasteiger partial charge in [-0.2, -0.15) is 0 Å². The molecule has 2 aliphatic carbocycles. The maximum Gasteiger partial charge on any atom is 0.252 e. The van der Waals surface area contributed by atoms with Crippen molar-refractivity contribution in [2.75, 3.05) is 9.80 Å². The molecule has 3 nitrogen and oxygen atoms in total. The molecule has 0 spiro atoms. The molecule has 0 saturated carbocycles. The molecule has 0 amide bonds. The van der Waals surface area contributed by atoms with Gasteiger partial charge < -0.3 is 14.2 Å². The smallest absolute Gasteiger partial charge is 0.252 e. The molecule has 0 radical (unpaired) electrons. The molecule has 4 heteroatoms. The van der Waals surface area contributed by atoms with Crippen LogP contribution in [0.1, 0.15) is 114 Å². The van der Waals surface area contributed by atoms with E-state index in [1.807, 2.05) is 0 Å². The van der Waals surface area contributed by atoms with E-state index in [4.69, 9.17) is 4.42 Å². The summed E-state index contributed by atoms with van der Waals surface area (Å²) < 4.78 is 7.22. The van der Waals surface area contributed by atoms with Gasteiger partial charge in [-0.3, -0.25) is 0 Å². The van der Waals surface area contributed by atoms with Crippen molar-refractivity contribution in [3.05, 3.63) is 185 Å². The zero-order valence-electron chi connectivity index (χ0n) is 42.9. The molecule has 4 aliphatic rings. The third kappa shape index (κ3) is 6.07. The van der Waals surface area contributed by atoms with Crippen molar-refractivity contribution in [2.24, 2.45) is 0 Å². The van der Waals surface area contributed by atoms with Gasteiger partial charge in [0.25, 0.3) is 6.71 Å². The Morgan fingerprint density at radius 2 is 1.04 bits per heavy atom. The minimum atomic E-state index is -0.0749. The van der Waals surface area contributed by atoms with Crippen molar-refractivity contribution in [3.63, 3.8) is 0 Å². The van der Waals surface area contributed by atoms with Gasteiger partial charge >= 0.3 is 0 Å². The van der Waals surface area contributed by atoms with Crippen LogP contribution in [0, 0.1) is 20.8 Å². The van der Waals surface area contributed by atoms with Crippen LogP contribution in [-0.4, -0.2) is 6.71 Å². The molecule has 2 aliphatic heterocycles. The Kier molecular flexibility index (Phi) is 9.05. The first kappa shape index (κ1) is 43.3. The van der Waals surface area contributed by atoms with Crippen LogP contribution in [0.4, 0.5) is 34.1 Å². The third-order valence-corrected chi connectivity index (χ3v) is 17.5. The number of hydrogen-bond donors (Lipinski definition) is 0. The highest BCUT2D eigenvalue weighted by Crippen LogP contribution is 2.56. The van der Waals surface area contributed by atoms with Gasteiger partial charge in [0.1, 0.15) is 5.58 Å². The van der Waals surface area contributed by atoms with Crippen molar-refractivity contribution in [2.45, 2.75) is 117 Å². The lowest BCUT2D eigenvalue weighted by Crippen LogP contribution is -2.61. The molecule has 0 unspecified atom stereocenters. The molecule has 0 atom stereocenters. The number of hydrogen-bond acceptors (Lipinski definition) is 3. The SMILES string of the molecule is Cc1cc2c(cc1N1c3cc4c(cc3B3c5ccc6c(oc7ccccc76)c5N(c5ccccc5-c5ccccc5)c5cc(-c6c(C)cccc6C)cc1c53)C(C)(C)CC4(C)C)C(C)(C)CCC2(C)C. The van der Waals surface area contributed by atoms with Gasteiger partial charge in [-0.15, -0.1) is 0 Å². The van der Waals surface area contributed by atoms with Gasteiger partial charge in [0.05, 0.1) is 11.4 Å². The molecule has 3 heterocycles. The van der Waals surface area contributed by atoms with E-state index in [1.165, 1.54) is 107 Å². The second-order valence-electron chi connectivity index (χ2n) is 24.0. The Bertz CT molecular complexity index is 3680. The quantitative estimate of drug-likeness (QED) is 0.164. The van der Waals surface area contributed by atoms with E-state index in [0.717, 1.165) is 46.2 Å². The summed E-state index contributed by atoms with van der Waals surface area (Å²) in [7, 11) is 0. The average Bonchev–Trinajstić information content (AvgIpc) is 3.80. The lowest BCUT2D eigenvalue weighted by molar-refractivity contribution is 0.332. The van der Waals surface area contributed by atoms with Crippen LogP contribution in [0.15, 0.2) is 150 Å². The van der Waals surface area contributed by atoms with Crippen LogP contribution in [0.3, 0.4) is 0 Å². The summed E-state index contributed by atoms with van der Waals surface area (Å²) in [5, 5.41) is 2.27. The normalized spacial score (nSPS) is 17.6. The number of benzene rings is 8. The van der Waals surface area contributed by atoms with E-state index in [9.17, 15) is 0 Å². The van der Waals surface area contributed by atoms with Crippen molar-refractivity contribution in [1.29, 1.82) is 0 Å². The fourth-order valence-corrected chi connectivity index (χ4v) is 14.1. The standard InChI is InChI=1S/C66H63BN2O/c1-39-20-19-21-40(2)59(39)43-33-56-60-57(34-43)69(53-26-17-15-24-44(53)42-22-13-12-14-23-42)61-51(29-28-46-45-25-16-18-27-58(45)70-62(46)61)67(60)52-35-48-50(66(10,11)38-65(48,8)9)37-55(52)68(56)54-36-49-47(32-41(54)3)63(4,5)30-31-64(49,6)7/h12-29,32-37H,30-31,38H2,1-11H3. The summed E-state index contributed by atoms with van der Waals surface area (Å²) in [6, 6.07) is 55.7. The summed E-state index contributed by atoms with van der Waals surface area (Å²) in [5.41, 5.74) is 27.8. The maximum absolute atomic E-state index is 7.22. The van der Waals surface area contributed by atoms with Crippen molar-refractivity contribution < 1.29 is 4.42 Å². The Morgan fingerprint density at radius 3 is 1.77 bits per heavy atom. The van der Waals surface area contributed by atoms with Crippen LogP contribution < -0.4 is 26.2 Å². The summed E-state index contributed by atoms with van der Waals surface area (Å²) in [6.07, 6.45) is 3.44. The molecule has 1 aromatic heterocycles. The molecular formula is C66H63BN2O. The Hall–Kier alpha value is -6.78. The highest BCUT2D eigenvalue weighted by molar-refractivity contribution is 7.00. The van der Waals surface area contributed by atoms with Gasteiger partial charge in [-0.05, 0) is 170 Å². The highest BCUT2D eigenvalue weighted by Gasteiger charge is 2.50. The van der Waals surface area contributed by atoms with Crippen LogP contribution in [0.25, 0.3) is 44.2 Å². The van der Waals surface area contributed by atoms with E-state index >= 15 is 0 Å². The Morgan fingerprint density at radius 1 is 0.443 bits per heavy atom. The molecule has 0 bridgehead atoms. The van der Waals surface area contributed by atoms with Crippen molar-refractivity contribution in [1.82, 2.24) is 0 Å². The lowest BCUT2D eigenvalue weighted by atomic mass is 9.33.